The first-order chi connectivity index (χ1) is 27.7. The van der Waals surface area contributed by atoms with Gasteiger partial charge in [0, 0.05) is 59.3 Å². The number of aryl methyl sites for hydroxylation is 1. The molecule has 0 N–H and O–H groups in total. The summed E-state index contributed by atoms with van der Waals surface area (Å²) >= 11 is 3.29. The molecule has 0 aliphatic carbocycles. The molecule has 0 bridgehead atoms. The van der Waals surface area contributed by atoms with Crippen molar-refractivity contribution >= 4 is 23.5 Å². The molecule has 6 aliphatic heterocycles. The van der Waals surface area contributed by atoms with Gasteiger partial charge in [-0.05, 0) is 48.2 Å². The van der Waals surface area contributed by atoms with Gasteiger partial charge in [0.15, 0.2) is 6.10 Å². The molecule has 1 aromatic carbocycles. The predicted octanol–water partition coefficient (Wildman–Crippen LogP) is 5.84. The summed E-state index contributed by atoms with van der Waals surface area (Å²) in [4.78, 5) is 11.3. The second kappa shape index (κ2) is 12.6. The van der Waals surface area contributed by atoms with Crippen molar-refractivity contribution in [3.63, 3.8) is 0 Å². The van der Waals surface area contributed by atoms with Gasteiger partial charge in [-0.1, -0.05) is 23.9 Å². The van der Waals surface area contributed by atoms with Crippen LogP contribution in [0.4, 0.5) is 0 Å². The van der Waals surface area contributed by atoms with Gasteiger partial charge >= 0.3 is 0 Å². The number of thioether (sulfide) groups is 2. The Morgan fingerprint density at radius 2 is 1.62 bits per heavy atom. The zero-order chi connectivity index (χ0) is 36.8. The van der Waals surface area contributed by atoms with Gasteiger partial charge in [-0.3, -0.25) is 9.97 Å². The molecular weight excluding hydrogens is 753 g/mol. The van der Waals surface area contributed by atoms with Crippen LogP contribution in [-0.4, -0.2) is 72.1 Å². The fourth-order valence-electron chi connectivity index (χ4n) is 8.63. The Labute approximate surface area is 328 Å². The largest absolute Gasteiger partial charge is 0.493 e. The Balaban J connectivity index is 1.19. The van der Waals surface area contributed by atoms with Crippen LogP contribution in [0.1, 0.15) is 63.5 Å². The van der Waals surface area contributed by atoms with Crippen LogP contribution in [0.5, 0.6) is 34.9 Å². The number of hydrogen-bond acceptors (Lipinski definition) is 16. The third-order valence-corrected chi connectivity index (χ3v) is 13.0. The zero-order valence-corrected chi connectivity index (χ0v) is 31.3. The van der Waals surface area contributed by atoms with E-state index in [1.807, 2.05) is 30.5 Å². The fraction of sp³-hybridized carbons (Fsp3) is 0.300. The van der Waals surface area contributed by atoms with E-state index in [2.05, 4.69) is 28.3 Å². The molecule has 3 unspecified atom stereocenters. The first-order valence-electron chi connectivity index (χ1n) is 18.5. The van der Waals surface area contributed by atoms with Crippen LogP contribution in [0, 0.1) is 0 Å². The van der Waals surface area contributed by atoms with Gasteiger partial charge in [0.1, 0.15) is 46.1 Å². The van der Waals surface area contributed by atoms with E-state index in [1.165, 1.54) is 0 Å². The van der Waals surface area contributed by atoms with Crippen molar-refractivity contribution in [3.05, 3.63) is 106 Å². The number of fused-ring (bicyclic) bond motifs is 6. The topological polar surface area (TPSA) is 158 Å². The van der Waals surface area contributed by atoms with E-state index in [0.717, 1.165) is 68.6 Å². The van der Waals surface area contributed by atoms with Gasteiger partial charge < -0.3 is 28.4 Å². The lowest BCUT2D eigenvalue weighted by molar-refractivity contribution is 0.172. The summed E-state index contributed by atoms with van der Waals surface area (Å²) in [6.07, 6.45) is 7.03. The average Bonchev–Trinajstić information content (AvgIpc) is 4.07. The highest BCUT2D eigenvalue weighted by atomic mass is 32.2. The summed E-state index contributed by atoms with van der Waals surface area (Å²) in [7, 11) is 0. The highest BCUT2D eigenvalue weighted by Gasteiger charge is 2.59. The first kappa shape index (κ1) is 32.5. The monoisotopic (exact) mass is 782 g/mol. The van der Waals surface area contributed by atoms with E-state index in [1.54, 1.807) is 35.9 Å². The Morgan fingerprint density at radius 1 is 0.679 bits per heavy atom. The second-order valence-corrected chi connectivity index (χ2v) is 16.3. The van der Waals surface area contributed by atoms with Crippen molar-refractivity contribution in [3.8, 4) is 46.1 Å². The van der Waals surface area contributed by atoms with Crippen molar-refractivity contribution in [2.45, 2.75) is 53.1 Å². The minimum absolute atomic E-state index is 0.319. The summed E-state index contributed by atoms with van der Waals surface area (Å²) in [6, 6.07) is 14.4. The van der Waals surface area contributed by atoms with Crippen LogP contribution in [0.3, 0.4) is 0 Å². The minimum atomic E-state index is -1.23. The number of nitrogens with zero attached hydrogens (tertiary/aromatic N) is 8. The molecule has 278 valence electrons. The van der Waals surface area contributed by atoms with Crippen molar-refractivity contribution in [2.24, 2.45) is 0 Å². The van der Waals surface area contributed by atoms with Crippen molar-refractivity contribution < 1.29 is 28.4 Å². The van der Waals surface area contributed by atoms with Crippen molar-refractivity contribution in [2.75, 3.05) is 31.5 Å². The number of ether oxygens (including phenoxy) is 6. The Hall–Kier alpha value is -5.74. The van der Waals surface area contributed by atoms with Crippen molar-refractivity contribution in [1.82, 2.24) is 40.6 Å². The molecule has 0 fully saturated rings. The molecule has 0 amide bonds. The molecule has 0 saturated heterocycles. The molecule has 0 saturated carbocycles. The fourth-order valence-corrected chi connectivity index (χ4v) is 10.1. The van der Waals surface area contributed by atoms with Gasteiger partial charge in [-0.2, -0.15) is 5.10 Å². The van der Waals surface area contributed by atoms with Crippen molar-refractivity contribution in [1.29, 1.82) is 0 Å². The molecule has 0 spiro atoms. The molecular formula is C40H30N8O6S2. The molecule has 6 aromatic rings. The normalized spacial score (nSPS) is 22.1. The predicted molar refractivity (Wildman–Crippen MR) is 201 cm³/mol. The van der Waals surface area contributed by atoms with Gasteiger partial charge in [-0.25, -0.2) is 0 Å². The van der Waals surface area contributed by atoms with Gasteiger partial charge in [0.25, 0.3) is 0 Å². The quantitative estimate of drug-likeness (QED) is 0.205. The molecule has 3 atom stereocenters. The number of hydrogen-bond donors (Lipinski definition) is 0. The summed E-state index contributed by atoms with van der Waals surface area (Å²) in [5.74, 6) is 4.93. The smallest absolute Gasteiger partial charge is 0.247 e. The molecule has 14 nitrogen and oxygen atoms in total. The Kier molecular flexibility index (Phi) is 7.34. The van der Waals surface area contributed by atoms with E-state index in [0.29, 0.717) is 89.5 Å². The van der Waals surface area contributed by atoms with Crippen LogP contribution in [-0.2, 0) is 24.7 Å². The standard InChI is InChI=1S/C40H30N8O6S2/c1-2-22-13-25(43-46-37(22)50-8-1)36-40(23-3-4-26-21(12-23)6-9-49-26,32-16-30-38(47-44-32)51-10-11-55-30)34-33(24-15-27-31(18-42-24)56-19-52-27)35(45-48-39(34)54-36)28-14-20-5-7-41-17-29(20)53-28/h3-5,7,12-13,15-18,28,36H,1-2,6,8-11,14,19H2. The highest BCUT2D eigenvalue weighted by Crippen LogP contribution is 2.61. The molecule has 11 heterocycles. The van der Waals surface area contributed by atoms with E-state index in [-0.39, 0.29) is 0 Å². The van der Waals surface area contributed by atoms with Crippen LogP contribution < -0.4 is 28.4 Å². The van der Waals surface area contributed by atoms with E-state index in [4.69, 9.17) is 58.9 Å². The molecule has 6 aliphatic rings. The maximum absolute atomic E-state index is 7.14. The van der Waals surface area contributed by atoms with Crippen LogP contribution >= 0.6 is 23.5 Å². The lowest BCUT2D eigenvalue weighted by Crippen LogP contribution is -2.37. The van der Waals surface area contributed by atoms with Gasteiger partial charge in [0.05, 0.1) is 47.2 Å². The second-order valence-electron chi connectivity index (χ2n) is 14.2. The highest BCUT2D eigenvalue weighted by molar-refractivity contribution is 7.99. The van der Waals surface area contributed by atoms with E-state index >= 15 is 0 Å². The minimum Gasteiger partial charge on any atom is -0.493 e. The third kappa shape index (κ3) is 4.90. The SMILES string of the molecule is c1cc2c(cn1)OC(c1nnc3c(c1-c1cc4c(cn1)SCO4)C(c1ccc4c(c1)CCO4)(c1cc4c(nn1)OCCS4)C(c1cc4c(nn1)OCCC4)O3)C2. The number of pyridine rings is 2. The van der Waals surface area contributed by atoms with Gasteiger partial charge in [-0.15, -0.1) is 37.3 Å². The zero-order valence-electron chi connectivity index (χ0n) is 29.6. The Morgan fingerprint density at radius 3 is 2.61 bits per heavy atom. The maximum atomic E-state index is 7.14. The van der Waals surface area contributed by atoms with E-state index < -0.39 is 17.6 Å². The Bertz CT molecular complexity index is 2590. The number of benzene rings is 1. The summed E-state index contributed by atoms with van der Waals surface area (Å²) in [6.45, 7) is 1.74. The van der Waals surface area contributed by atoms with Gasteiger partial charge in [0.2, 0.25) is 17.6 Å². The maximum Gasteiger partial charge on any atom is 0.247 e. The summed E-state index contributed by atoms with van der Waals surface area (Å²) in [5, 5.41) is 29.0. The first-order valence-corrected chi connectivity index (χ1v) is 20.5. The molecule has 5 aromatic heterocycles. The van der Waals surface area contributed by atoms with Crippen LogP contribution in [0.25, 0.3) is 11.3 Å². The van der Waals surface area contributed by atoms with E-state index in [9.17, 15) is 0 Å². The third-order valence-electron chi connectivity index (χ3n) is 11.2. The lowest BCUT2D eigenvalue weighted by atomic mass is 9.66. The molecule has 56 heavy (non-hydrogen) atoms. The molecule has 12 rings (SSSR count). The number of aromatic nitrogens is 8. The van der Waals surface area contributed by atoms with Crippen LogP contribution in [0.15, 0.2) is 70.8 Å². The van der Waals surface area contributed by atoms with Crippen LogP contribution in [0.2, 0.25) is 0 Å². The molecule has 0 radical (unpaired) electrons. The lowest BCUT2D eigenvalue weighted by Gasteiger charge is -2.35. The summed E-state index contributed by atoms with van der Waals surface area (Å²) < 4.78 is 37.8. The summed E-state index contributed by atoms with van der Waals surface area (Å²) in [5.41, 5.74) is 6.62. The molecule has 16 heteroatoms. The average molecular weight is 783 g/mol. The number of rotatable bonds is 5.